The molecule has 4 N–H and O–H groups in total. The average Bonchev–Trinajstić information content (AvgIpc) is 3.52. The van der Waals surface area contributed by atoms with Crippen LogP contribution < -0.4 is 4.90 Å². The van der Waals surface area contributed by atoms with Crippen molar-refractivity contribution < 1.29 is 67.7 Å². The second-order valence-corrected chi connectivity index (χ2v) is 20.2. The highest BCUT2D eigenvalue weighted by molar-refractivity contribution is 7.86. The van der Waals surface area contributed by atoms with Crippen molar-refractivity contribution >= 4 is 59.2 Å². The Balaban J connectivity index is 1.91. The van der Waals surface area contributed by atoms with Crippen molar-refractivity contribution in [3.05, 3.63) is 77.0 Å². The van der Waals surface area contributed by atoms with E-state index in [0.29, 0.717) is 67.9 Å². The summed E-state index contributed by atoms with van der Waals surface area (Å²) in [6.45, 7) is 5.19. The van der Waals surface area contributed by atoms with Gasteiger partial charge in [0, 0.05) is 86.7 Å². The molecule has 60 heavy (non-hydrogen) atoms. The van der Waals surface area contributed by atoms with Crippen molar-refractivity contribution in [3.63, 3.8) is 0 Å². The van der Waals surface area contributed by atoms with Crippen LogP contribution in [-0.2, 0) is 55.5 Å². The van der Waals surface area contributed by atoms with Gasteiger partial charge in [-0.05, 0) is 101 Å². The van der Waals surface area contributed by atoms with E-state index in [1.54, 1.807) is 25.3 Å². The van der Waals surface area contributed by atoms with E-state index in [0.717, 1.165) is 17.0 Å². The molecule has 0 bridgehead atoms. The van der Waals surface area contributed by atoms with E-state index >= 15 is 0 Å². The lowest BCUT2D eigenvalue weighted by molar-refractivity contribution is -0.438. The van der Waals surface area contributed by atoms with Crippen LogP contribution in [0.2, 0.25) is 0 Å². The number of Topliss-reactive ketones (excluding diaryl/α,β-unsaturated/α-hetero) is 1. The van der Waals surface area contributed by atoms with Gasteiger partial charge in [-0.2, -0.15) is 29.8 Å². The largest absolute Gasteiger partial charge is 0.481 e. The van der Waals surface area contributed by atoms with Gasteiger partial charge in [0.15, 0.2) is 11.5 Å². The minimum absolute atomic E-state index is 0.00471. The molecule has 2 unspecified atom stereocenters. The highest BCUT2D eigenvalue weighted by atomic mass is 32.2. The van der Waals surface area contributed by atoms with E-state index < -0.39 is 58.7 Å². The van der Waals surface area contributed by atoms with E-state index in [4.69, 9.17) is 9.47 Å². The smallest absolute Gasteiger partial charge is 0.303 e. The predicted molar refractivity (Wildman–Crippen MR) is 226 cm³/mol. The van der Waals surface area contributed by atoms with E-state index in [-0.39, 0.29) is 55.8 Å². The Morgan fingerprint density at radius 1 is 0.767 bits per heavy atom. The van der Waals surface area contributed by atoms with E-state index in [1.165, 1.54) is 19.2 Å². The molecule has 0 aliphatic carbocycles. The second kappa shape index (κ2) is 20.4. The molecule has 0 saturated carbocycles. The molecule has 2 aromatic rings. The molecule has 0 saturated heterocycles. The highest BCUT2D eigenvalue weighted by Gasteiger charge is 2.48. The van der Waals surface area contributed by atoms with Gasteiger partial charge in [-0.1, -0.05) is 6.08 Å². The van der Waals surface area contributed by atoms with Crippen LogP contribution in [0.3, 0.4) is 0 Å². The topological polar surface area (TPSA) is 242 Å². The van der Waals surface area contributed by atoms with Gasteiger partial charge in [-0.3, -0.25) is 23.2 Å². The Morgan fingerprint density at radius 3 is 2.02 bits per heavy atom. The van der Waals surface area contributed by atoms with Gasteiger partial charge in [0.2, 0.25) is 5.69 Å². The molecule has 0 radical (unpaired) electrons. The number of fused-ring (bicyclic) bond motifs is 2. The molecule has 2 atom stereocenters. The average molecular weight is 898 g/mol. The number of carboxylic acids is 1. The highest BCUT2D eigenvalue weighted by Crippen LogP contribution is 2.51. The van der Waals surface area contributed by atoms with Gasteiger partial charge in [0.25, 0.3) is 30.4 Å². The Kier molecular flexibility index (Phi) is 16.6. The molecule has 2 aliphatic rings. The van der Waals surface area contributed by atoms with Crippen LogP contribution in [0, 0.1) is 0 Å². The van der Waals surface area contributed by atoms with Crippen LogP contribution in [0.5, 0.6) is 0 Å². The Bertz CT molecular complexity index is 2340. The van der Waals surface area contributed by atoms with Crippen LogP contribution in [0.4, 0.5) is 11.4 Å². The van der Waals surface area contributed by atoms with E-state index in [1.807, 2.05) is 43.0 Å². The SMILES string of the molecule is COCCCC(=O)c1ccc2c(c1)C(C)(CCCS(=O)(=O)O)C(/C=C/C=C1/N(CCOC)c3ccc(S(=O)(=O)O)cc3C1(C)CCCS(=O)(=O)O)=[N+]2CCCCCC(=O)O. The monoisotopic (exact) mass is 897 g/mol. The summed E-state index contributed by atoms with van der Waals surface area (Å²) >= 11 is 0. The molecule has 2 aliphatic heterocycles. The van der Waals surface area contributed by atoms with Crippen LogP contribution in [0.15, 0.2) is 65.2 Å². The van der Waals surface area contributed by atoms with Crippen LogP contribution in [0.25, 0.3) is 0 Å². The third-order valence-corrected chi connectivity index (χ3v) is 13.7. The maximum atomic E-state index is 13.4. The number of unbranched alkanes of at least 4 members (excludes halogenated alkanes) is 2. The summed E-state index contributed by atoms with van der Waals surface area (Å²) in [5.41, 5.74) is 2.60. The van der Waals surface area contributed by atoms with Crippen LogP contribution in [0.1, 0.15) is 99.5 Å². The number of carboxylic acid groups (broad SMARTS) is 1. The Labute approximate surface area is 353 Å². The van der Waals surface area contributed by atoms with Crippen molar-refractivity contribution in [2.24, 2.45) is 0 Å². The number of rotatable bonds is 25. The molecule has 2 heterocycles. The van der Waals surface area contributed by atoms with Crippen LogP contribution in [-0.4, -0.2) is 118 Å². The number of ketones is 1. The zero-order chi connectivity index (χ0) is 44.5. The normalized spacial score (nSPS) is 20.1. The fourth-order valence-corrected chi connectivity index (χ4v) is 9.82. The summed E-state index contributed by atoms with van der Waals surface area (Å²) < 4.78 is 114. The number of carbonyl (C=O) groups is 2. The number of nitrogens with zero attached hydrogens (tertiary/aromatic N) is 2. The molecule has 0 amide bonds. The Morgan fingerprint density at radius 2 is 1.42 bits per heavy atom. The molecular weight excluding hydrogens is 841 g/mol. The number of methoxy groups -OCH3 is 2. The third kappa shape index (κ3) is 12.4. The fraction of sp³-hybridized carbons (Fsp3) is 0.537. The predicted octanol–water partition coefficient (Wildman–Crippen LogP) is 5.74. The molecule has 19 heteroatoms. The molecule has 2 aromatic carbocycles. The van der Waals surface area contributed by atoms with Gasteiger partial charge in [0.1, 0.15) is 6.54 Å². The maximum Gasteiger partial charge on any atom is 0.303 e. The zero-order valence-corrected chi connectivity index (χ0v) is 36.9. The number of hydrogen-bond acceptors (Lipinski definition) is 11. The number of anilines is 1. The number of ether oxygens (including phenoxy) is 2. The lowest BCUT2D eigenvalue weighted by Gasteiger charge is -2.30. The van der Waals surface area contributed by atoms with E-state index in [2.05, 4.69) is 4.58 Å². The number of aliphatic carboxylic acids is 1. The molecular formula is C41H57N2O14S3+. The van der Waals surface area contributed by atoms with Crippen molar-refractivity contribution in [2.45, 2.75) is 93.8 Å². The van der Waals surface area contributed by atoms with Gasteiger partial charge < -0.3 is 19.5 Å². The molecule has 0 spiro atoms. The first-order chi connectivity index (χ1) is 28.1. The first kappa shape index (κ1) is 48.8. The van der Waals surface area contributed by atoms with Gasteiger partial charge in [-0.15, -0.1) is 0 Å². The minimum atomic E-state index is -4.62. The number of hydrogen-bond donors (Lipinski definition) is 4. The number of allylic oxidation sites excluding steroid dienone is 4. The molecule has 4 rings (SSSR count). The molecule has 16 nitrogen and oxygen atoms in total. The quantitative estimate of drug-likeness (QED) is 0.0402. The zero-order valence-electron chi connectivity index (χ0n) is 34.5. The summed E-state index contributed by atoms with van der Waals surface area (Å²) in [7, 11) is -10.2. The van der Waals surface area contributed by atoms with Crippen LogP contribution >= 0.6 is 0 Å². The summed E-state index contributed by atoms with van der Waals surface area (Å²) in [4.78, 5) is 26.2. The molecule has 0 fully saturated rings. The standard InChI is InChI=1S/C41H56N2O14S3/c1-40(20-10-26-58(47,48)49)32-28-30(36(44)12-9-24-56-3)16-18-34(32)42(22-7-5-6-15-39(45)46)37(40)13-8-14-38-41(2,21-11-27-59(50,51)52)33-29-31(60(53,54)55)17-19-35(33)43(38)23-25-57-4/h8,13-14,16-19,28-29H,5-7,9-12,15,20-27H2,1-4H3,(H3-,45,46,47,48,49,50,51,52,53,54,55)/p+1. The third-order valence-electron chi connectivity index (χ3n) is 11.3. The lowest BCUT2D eigenvalue weighted by atomic mass is 9.75. The first-order valence-corrected chi connectivity index (χ1v) is 24.4. The Hall–Kier alpha value is -3.82. The molecule has 332 valence electrons. The van der Waals surface area contributed by atoms with Crippen molar-refractivity contribution in [2.75, 3.05) is 56.9 Å². The summed E-state index contributed by atoms with van der Waals surface area (Å²) in [6, 6.07) is 9.64. The van der Waals surface area contributed by atoms with Gasteiger partial charge in [-0.25, -0.2) is 0 Å². The molecule has 0 aromatic heterocycles. The lowest BCUT2D eigenvalue weighted by Crippen LogP contribution is -2.32. The summed E-state index contributed by atoms with van der Waals surface area (Å²) in [5.74, 6) is -2.03. The van der Waals surface area contributed by atoms with Crippen molar-refractivity contribution in [3.8, 4) is 0 Å². The minimum Gasteiger partial charge on any atom is -0.481 e. The first-order valence-electron chi connectivity index (χ1n) is 19.8. The number of carbonyl (C=O) groups excluding carboxylic acids is 1. The summed E-state index contributed by atoms with van der Waals surface area (Å²) in [5, 5.41) is 9.21. The fourth-order valence-electron chi connectivity index (χ4n) is 8.30. The van der Waals surface area contributed by atoms with Crippen molar-refractivity contribution in [1.82, 2.24) is 0 Å². The van der Waals surface area contributed by atoms with E-state index in [9.17, 15) is 53.6 Å². The number of benzene rings is 2. The van der Waals surface area contributed by atoms with Crippen molar-refractivity contribution in [1.29, 1.82) is 0 Å². The summed E-state index contributed by atoms with van der Waals surface area (Å²) in [6.07, 6.45) is 8.42. The van der Waals surface area contributed by atoms with Gasteiger partial charge >= 0.3 is 5.97 Å². The van der Waals surface area contributed by atoms with Gasteiger partial charge in [0.05, 0.1) is 28.4 Å². The second-order valence-electron chi connectivity index (χ2n) is 15.6. The maximum absolute atomic E-state index is 13.4.